The maximum Gasteiger partial charge on any atom is 0.0568 e. The Morgan fingerprint density at radius 1 is 1.29 bits per heavy atom. The number of anilines is 3. The van der Waals surface area contributed by atoms with Gasteiger partial charge in [0.05, 0.1) is 11.4 Å². The molecule has 1 aliphatic rings. The molecule has 14 heavy (non-hydrogen) atoms. The molecule has 0 radical (unpaired) electrons. The predicted molar refractivity (Wildman–Crippen MR) is 60.8 cm³/mol. The lowest BCUT2D eigenvalue weighted by Crippen LogP contribution is -2.01. The summed E-state index contributed by atoms with van der Waals surface area (Å²) >= 11 is 0. The Labute approximate surface area is 83.8 Å². The highest BCUT2D eigenvalue weighted by molar-refractivity contribution is 5.70. The first-order valence-corrected chi connectivity index (χ1v) is 4.77. The van der Waals surface area contributed by atoms with E-state index in [2.05, 4.69) is 11.9 Å². The first kappa shape index (κ1) is 8.94. The summed E-state index contributed by atoms with van der Waals surface area (Å²) in [6, 6.07) is 5.56. The summed E-state index contributed by atoms with van der Waals surface area (Å²) in [5.74, 6) is 0.647. The molecule has 1 aromatic rings. The molecule has 1 aromatic carbocycles. The van der Waals surface area contributed by atoms with Crippen LogP contribution in [0.1, 0.15) is 12.8 Å². The molecular weight excluding hydrogens is 174 g/mol. The van der Waals surface area contributed by atoms with Crippen LogP contribution < -0.4 is 16.8 Å². The van der Waals surface area contributed by atoms with E-state index in [0.717, 1.165) is 11.4 Å². The zero-order valence-electron chi connectivity index (χ0n) is 8.09. The minimum Gasteiger partial charge on any atom is -0.397 e. The van der Waals surface area contributed by atoms with Crippen LogP contribution in [0.4, 0.5) is 17.1 Å². The van der Waals surface area contributed by atoms with Gasteiger partial charge in [-0.15, -0.1) is 0 Å². The molecule has 0 spiro atoms. The highest BCUT2D eigenvalue weighted by atomic mass is 14.9. The van der Waals surface area contributed by atoms with E-state index in [1.165, 1.54) is 12.8 Å². The number of hydrogen-bond acceptors (Lipinski definition) is 3. The molecule has 1 saturated carbocycles. The summed E-state index contributed by atoms with van der Waals surface area (Å²) in [5, 5.41) is 3.24. The number of nitrogen functional groups attached to an aromatic ring is 2. The zero-order valence-corrected chi connectivity index (χ0v) is 8.09. The van der Waals surface area contributed by atoms with Crippen molar-refractivity contribution in [3.8, 4) is 0 Å². The van der Waals surface area contributed by atoms with Gasteiger partial charge in [0.2, 0.25) is 0 Å². The molecule has 0 unspecified atom stereocenters. The van der Waals surface area contributed by atoms with Gasteiger partial charge in [-0.05, 0) is 37.0 Å². The predicted octanol–water partition coefficient (Wildman–Crippen LogP) is 2.19. The maximum atomic E-state index is 5.69. The standard InChI is InChI=1S/C11H15N3/c1-7(8-2-3-8)14-9-4-5-10(12)11(13)6-9/h4-6,8,14H,1-3,12-13H2. The fourth-order valence-electron chi connectivity index (χ4n) is 1.37. The molecule has 3 nitrogen and oxygen atoms in total. The molecule has 0 heterocycles. The Hall–Kier alpha value is -1.64. The van der Waals surface area contributed by atoms with Crippen molar-refractivity contribution in [2.45, 2.75) is 12.8 Å². The fraction of sp³-hybridized carbons (Fsp3) is 0.273. The van der Waals surface area contributed by atoms with Crippen LogP contribution in [0.5, 0.6) is 0 Å². The van der Waals surface area contributed by atoms with Crippen LogP contribution in [-0.2, 0) is 0 Å². The normalized spacial score (nSPS) is 15.1. The van der Waals surface area contributed by atoms with Crippen LogP contribution in [0.3, 0.4) is 0 Å². The van der Waals surface area contributed by atoms with Crippen molar-refractivity contribution in [3.63, 3.8) is 0 Å². The molecule has 0 atom stereocenters. The molecular formula is C11H15N3. The van der Waals surface area contributed by atoms with Crippen LogP contribution >= 0.6 is 0 Å². The lowest BCUT2D eigenvalue weighted by atomic mass is 10.2. The zero-order chi connectivity index (χ0) is 10.1. The van der Waals surface area contributed by atoms with Gasteiger partial charge in [0.15, 0.2) is 0 Å². The van der Waals surface area contributed by atoms with Gasteiger partial charge in [0, 0.05) is 11.4 Å². The van der Waals surface area contributed by atoms with Crippen molar-refractivity contribution in [3.05, 3.63) is 30.5 Å². The lowest BCUT2D eigenvalue weighted by molar-refractivity contribution is 1.02. The Morgan fingerprint density at radius 2 is 2.00 bits per heavy atom. The average Bonchev–Trinajstić information content (AvgIpc) is 2.94. The first-order valence-electron chi connectivity index (χ1n) is 4.77. The maximum absolute atomic E-state index is 5.69. The van der Waals surface area contributed by atoms with Crippen molar-refractivity contribution in [1.29, 1.82) is 0 Å². The number of hydrogen-bond donors (Lipinski definition) is 3. The monoisotopic (exact) mass is 189 g/mol. The minimum absolute atomic E-state index is 0.610. The third-order valence-electron chi connectivity index (χ3n) is 2.46. The molecule has 1 fully saturated rings. The largest absolute Gasteiger partial charge is 0.397 e. The lowest BCUT2D eigenvalue weighted by Gasteiger charge is -2.09. The van der Waals surface area contributed by atoms with Crippen LogP contribution in [0, 0.1) is 5.92 Å². The molecule has 74 valence electrons. The summed E-state index contributed by atoms with van der Waals surface area (Å²) < 4.78 is 0. The van der Waals surface area contributed by atoms with E-state index in [0.29, 0.717) is 17.3 Å². The molecule has 0 bridgehead atoms. The van der Waals surface area contributed by atoms with Gasteiger partial charge in [-0.3, -0.25) is 0 Å². The average molecular weight is 189 g/mol. The highest BCUT2D eigenvalue weighted by Gasteiger charge is 2.24. The summed E-state index contributed by atoms with van der Waals surface area (Å²) in [4.78, 5) is 0. The molecule has 3 heteroatoms. The second-order valence-electron chi connectivity index (χ2n) is 3.77. The SMILES string of the molecule is C=C(Nc1ccc(N)c(N)c1)C1CC1. The van der Waals surface area contributed by atoms with Gasteiger partial charge >= 0.3 is 0 Å². The number of nitrogens with two attached hydrogens (primary N) is 2. The number of nitrogens with one attached hydrogen (secondary N) is 1. The molecule has 2 rings (SSSR count). The van der Waals surface area contributed by atoms with Crippen molar-refractivity contribution in [2.24, 2.45) is 5.92 Å². The first-order chi connectivity index (χ1) is 6.66. The van der Waals surface area contributed by atoms with E-state index in [4.69, 9.17) is 11.5 Å². The Morgan fingerprint density at radius 3 is 2.57 bits per heavy atom. The van der Waals surface area contributed by atoms with Crippen molar-refractivity contribution < 1.29 is 0 Å². The number of rotatable bonds is 3. The third kappa shape index (κ3) is 1.82. The Kier molecular flexibility index (Phi) is 2.08. The van der Waals surface area contributed by atoms with Crippen LogP contribution in [0.15, 0.2) is 30.5 Å². The van der Waals surface area contributed by atoms with Crippen LogP contribution in [0.25, 0.3) is 0 Å². The summed E-state index contributed by atoms with van der Waals surface area (Å²) in [6.45, 7) is 3.98. The van der Waals surface area contributed by atoms with Gasteiger partial charge < -0.3 is 16.8 Å². The highest BCUT2D eigenvalue weighted by Crippen LogP contribution is 2.36. The molecule has 5 N–H and O–H groups in total. The van der Waals surface area contributed by atoms with E-state index < -0.39 is 0 Å². The second kappa shape index (κ2) is 3.25. The summed E-state index contributed by atoms with van der Waals surface area (Å²) in [7, 11) is 0. The smallest absolute Gasteiger partial charge is 0.0568 e. The van der Waals surface area contributed by atoms with E-state index in [9.17, 15) is 0 Å². The van der Waals surface area contributed by atoms with Crippen molar-refractivity contribution in [2.75, 3.05) is 16.8 Å². The van der Waals surface area contributed by atoms with Gasteiger partial charge in [-0.2, -0.15) is 0 Å². The molecule has 0 saturated heterocycles. The van der Waals surface area contributed by atoms with E-state index in [1.807, 2.05) is 12.1 Å². The third-order valence-corrected chi connectivity index (χ3v) is 2.46. The Bertz CT molecular complexity index is 367. The van der Waals surface area contributed by atoms with Gasteiger partial charge in [-0.25, -0.2) is 0 Å². The van der Waals surface area contributed by atoms with Crippen LogP contribution in [0.2, 0.25) is 0 Å². The van der Waals surface area contributed by atoms with Gasteiger partial charge in [0.25, 0.3) is 0 Å². The van der Waals surface area contributed by atoms with Gasteiger partial charge in [-0.1, -0.05) is 6.58 Å². The van der Waals surface area contributed by atoms with E-state index >= 15 is 0 Å². The quantitative estimate of drug-likeness (QED) is 0.638. The topological polar surface area (TPSA) is 64.1 Å². The minimum atomic E-state index is 0.610. The number of allylic oxidation sites excluding steroid dienone is 1. The summed E-state index contributed by atoms with van der Waals surface area (Å²) in [5.41, 5.74) is 14.6. The Balaban J connectivity index is 2.08. The van der Waals surface area contributed by atoms with Crippen molar-refractivity contribution >= 4 is 17.1 Å². The molecule has 0 amide bonds. The van der Waals surface area contributed by atoms with E-state index in [1.54, 1.807) is 6.07 Å². The van der Waals surface area contributed by atoms with Crippen LogP contribution in [-0.4, -0.2) is 0 Å². The molecule has 0 aromatic heterocycles. The molecule has 1 aliphatic carbocycles. The second-order valence-corrected chi connectivity index (χ2v) is 3.77. The van der Waals surface area contributed by atoms with Gasteiger partial charge in [0.1, 0.15) is 0 Å². The fourth-order valence-corrected chi connectivity index (χ4v) is 1.37. The molecule has 0 aliphatic heterocycles. The number of benzene rings is 1. The van der Waals surface area contributed by atoms with Crippen molar-refractivity contribution in [1.82, 2.24) is 0 Å². The van der Waals surface area contributed by atoms with E-state index in [-0.39, 0.29) is 0 Å². The summed E-state index contributed by atoms with van der Waals surface area (Å²) in [6.07, 6.45) is 2.49.